The molecule has 2 atom stereocenters. The van der Waals surface area contributed by atoms with Gasteiger partial charge in [0.25, 0.3) is 0 Å². The first-order valence-electron chi connectivity index (χ1n) is 6.90. The van der Waals surface area contributed by atoms with Crippen LogP contribution in [0.1, 0.15) is 40.5 Å². The lowest BCUT2D eigenvalue weighted by atomic mass is 9.94. The second kappa shape index (κ2) is 5.59. The second-order valence-corrected chi connectivity index (χ2v) is 5.61. The number of anilines is 2. The van der Waals surface area contributed by atoms with Crippen LogP contribution in [0.25, 0.3) is 0 Å². The maximum atomic E-state index is 5.75. The molecule has 2 rings (SSSR count). The normalized spacial score (nSPS) is 23.7. The molecule has 1 aromatic heterocycles. The average Bonchev–Trinajstić information content (AvgIpc) is 2.26. The highest BCUT2D eigenvalue weighted by molar-refractivity contribution is 5.37. The minimum atomic E-state index is 0.0217. The largest absolute Gasteiger partial charge is 0.461 e. The fraction of sp³-hybridized carbons (Fsp3) is 0.769. The Morgan fingerprint density at radius 3 is 2.63 bits per heavy atom. The Bertz CT molecular complexity index is 437. The van der Waals surface area contributed by atoms with Crippen molar-refractivity contribution in [3.63, 3.8) is 0 Å². The predicted molar refractivity (Wildman–Crippen MR) is 75.2 cm³/mol. The number of piperidine rings is 1. The molecular weight excluding hydrogens is 242 g/mol. The zero-order valence-electron chi connectivity index (χ0n) is 12.1. The molecule has 0 radical (unpaired) electrons. The Kier molecular flexibility index (Phi) is 4.07. The Morgan fingerprint density at radius 1 is 1.26 bits per heavy atom. The first-order chi connectivity index (χ1) is 8.95. The van der Waals surface area contributed by atoms with Crippen molar-refractivity contribution in [1.82, 2.24) is 15.0 Å². The third kappa shape index (κ3) is 3.45. The fourth-order valence-electron chi connectivity index (χ4n) is 2.46. The van der Waals surface area contributed by atoms with Crippen LogP contribution < -0.4 is 15.4 Å². The Balaban J connectivity index is 2.21. The van der Waals surface area contributed by atoms with Crippen molar-refractivity contribution in [2.24, 2.45) is 5.92 Å². The van der Waals surface area contributed by atoms with E-state index in [9.17, 15) is 0 Å². The lowest BCUT2D eigenvalue weighted by Gasteiger charge is -2.36. The molecular formula is C13H23N5O. The lowest BCUT2D eigenvalue weighted by Crippen LogP contribution is -2.41. The third-order valence-corrected chi connectivity index (χ3v) is 3.36. The third-order valence-electron chi connectivity index (χ3n) is 3.36. The van der Waals surface area contributed by atoms with Gasteiger partial charge in [-0.2, -0.15) is 15.0 Å². The van der Waals surface area contributed by atoms with Crippen molar-refractivity contribution in [3.05, 3.63) is 0 Å². The van der Waals surface area contributed by atoms with Crippen LogP contribution in [0.15, 0.2) is 0 Å². The molecule has 1 saturated heterocycles. The summed E-state index contributed by atoms with van der Waals surface area (Å²) < 4.78 is 5.51. The summed E-state index contributed by atoms with van der Waals surface area (Å²) in [6.07, 6.45) is 2.32. The molecule has 0 amide bonds. The molecule has 1 aliphatic heterocycles. The molecule has 19 heavy (non-hydrogen) atoms. The smallest absolute Gasteiger partial charge is 0.323 e. The van der Waals surface area contributed by atoms with Crippen molar-refractivity contribution in [1.29, 1.82) is 0 Å². The molecule has 2 unspecified atom stereocenters. The number of hydrogen-bond donors (Lipinski definition) is 1. The van der Waals surface area contributed by atoms with E-state index in [1.807, 2.05) is 13.8 Å². The number of rotatable bonds is 3. The van der Waals surface area contributed by atoms with Crippen LogP contribution >= 0.6 is 0 Å². The van der Waals surface area contributed by atoms with Gasteiger partial charge in [-0.1, -0.05) is 6.92 Å². The number of ether oxygens (including phenoxy) is 1. The summed E-state index contributed by atoms with van der Waals surface area (Å²) in [6.45, 7) is 9.30. The van der Waals surface area contributed by atoms with Gasteiger partial charge in [0.05, 0.1) is 6.10 Å². The molecule has 2 N–H and O–H groups in total. The second-order valence-electron chi connectivity index (χ2n) is 5.61. The molecule has 1 aliphatic rings. The maximum absolute atomic E-state index is 5.75. The van der Waals surface area contributed by atoms with Crippen molar-refractivity contribution in [3.8, 4) is 6.01 Å². The molecule has 6 heteroatoms. The standard InChI is InChI=1S/C13H23N5O/c1-8(2)19-13-16-11(14)15-12(17-13)18-6-5-9(3)7-10(18)4/h8-10H,5-7H2,1-4H3,(H2,14,15,16,17). The summed E-state index contributed by atoms with van der Waals surface area (Å²) in [7, 11) is 0. The summed E-state index contributed by atoms with van der Waals surface area (Å²) in [5, 5.41) is 0. The van der Waals surface area contributed by atoms with Gasteiger partial charge < -0.3 is 15.4 Å². The molecule has 1 fully saturated rings. The van der Waals surface area contributed by atoms with E-state index in [0.29, 0.717) is 18.0 Å². The van der Waals surface area contributed by atoms with Gasteiger partial charge in [-0.25, -0.2) is 0 Å². The van der Waals surface area contributed by atoms with Crippen molar-refractivity contribution < 1.29 is 4.74 Å². The van der Waals surface area contributed by atoms with Gasteiger partial charge in [0, 0.05) is 12.6 Å². The van der Waals surface area contributed by atoms with Crippen LogP contribution in [0.2, 0.25) is 0 Å². The fourth-order valence-corrected chi connectivity index (χ4v) is 2.46. The molecule has 1 aromatic rings. The van der Waals surface area contributed by atoms with Gasteiger partial charge in [0.1, 0.15) is 0 Å². The van der Waals surface area contributed by atoms with Crippen LogP contribution in [0.5, 0.6) is 6.01 Å². The molecule has 0 spiro atoms. The number of hydrogen-bond acceptors (Lipinski definition) is 6. The lowest BCUT2D eigenvalue weighted by molar-refractivity contribution is 0.221. The van der Waals surface area contributed by atoms with Crippen LogP contribution in [0, 0.1) is 5.92 Å². The summed E-state index contributed by atoms with van der Waals surface area (Å²) in [5.74, 6) is 1.59. The minimum absolute atomic E-state index is 0.0217. The van der Waals surface area contributed by atoms with E-state index < -0.39 is 0 Å². The van der Waals surface area contributed by atoms with Crippen molar-refractivity contribution in [2.45, 2.75) is 52.7 Å². The van der Waals surface area contributed by atoms with E-state index >= 15 is 0 Å². The van der Waals surface area contributed by atoms with Crippen molar-refractivity contribution >= 4 is 11.9 Å². The van der Waals surface area contributed by atoms with Gasteiger partial charge in [-0.15, -0.1) is 0 Å². The van der Waals surface area contributed by atoms with E-state index in [1.165, 1.54) is 0 Å². The zero-order valence-corrected chi connectivity index (χ0v) is 12.1. The van der Waals surface area contributed by atoms with Crippen LogP contribution in [0.3, 0.4) is 0 Å². The molecule has 0 aliphatic carbocycles. The van der Waals surface area contributed by atoms with Crippen LogP contribution in [-0.2, 0) is 0 Å². The maximum Gasteiger partial charge on any atom is 0.323 e. The SMILES string of the molecule is CC1CCN(c2nc(N)nc(OC(C)C)n2)C(C)C1. The Morgan fingerprint density at radius 2 is 2.00 bits per heavy atom. The van der Waals surface area contributed by atoms with Gasteiger partial charge >= 0.3 is 6.01 Å². The first-order valence-corrected chi connectivity index (χ1v) is 6.90. The van der Waals surface area contributed by atoms with E-state index in [2.05, 4.69) is 33.7 Å². The molecule has 106 valence electrons. The first kappa shape index (κ1) is 13.8. The van der Waals surface area contributed by atoms with Gasteiger partial charge in [-0.05, 0) is 39.5 Å². The topological polar surface area (TPSA) is 77.2 Å². The van der Waals surface area contributed by atoms with Crippen LogP contribution in [-0.4, -0.2) is 33.6 Å². The monoisotopic (exact) mass is 265 g/mol. The summed E-state index contributed by atoms with van der Waals surface area (Å²) in [5.41, 5.74) is 5.75. The molecule has 2 heterocycles. The summed E-state index contributed by atoms with van der Waals surface area (Å²) >= 11 is 0. The van der Waals surface area contributed by atoms with Crippen molar-refractivity contribution in [2.75, 3.05) is 17.2 Å². The van der Waals surface area contributed by atoms with E-state index in [-0.39, 0.29) is 12.1 Å². The summed E-state index contributed by atoms with van der Waals surface area (Å²) in [4.78, 5) is 14.8. The number of nitrogens with two attached hydrogens (primary N) is 1. The van der Waals surface area contributed by atoms with E-state index in [0.717, 1.165) is 25.3 Å². The summed E-state index contributed by atoms with van der Waals surface area (Å²) in [6, 6.07) is 0.723. The molecule has 0 saturated carbocycles. The molecule has 0 aromatic carbocycles. The van der Waals surface area contributed by atoms with E-state index in [4.69, 9.17) is 10.5 Å². The predicted octanol–water partition coefficient (Wildman–Crippen LogP) is 1.87. The van der Waals surface area contributed by atoms with E-state index in [1.54, 1.807) is 0 Å². The quantitative estimate of drug-likeness (QED) is 0.899. The number of aromatic nitrogens is 3. The highest BCUT2D eigenvalue weighted by Crippen LogP contribution is 2.26. The van der Waals surface area contributed by atoms with Gasteiger partial charge in [0.15, 0.2) is 0 Å². The highest BCUT2D eigenvalue weighted by Gasteiger charge is 2.25. The zero-order chi connectivity index (χ0) is 14.0. The van der Waals surface area contributed by atoms with Gasteiger partial charge in [-0.3, -0.25) is 0 Å². The van der Waals surface area contributed by atoms with Gasteiger partial charge in [0.2, 0.25) is 11.9 Å². The Labute approximate surface area is 114 Å². The number of nitrogen functional groups attached to an aromatic ring is 1. The molecule has 0 bridgehead atoms. The average molecular weight is 265 g/mol. The molecule has 6 nitrogen and oxygen atoms in total. The Hall–Kier alpha value is -1.59. The minimum Gasteiger partial charge on any atom is -0.461 e. The van der Waals surface area contributed by atoms with Crippen LogP contribution in [0.4, 0.5) is 11.9 Å². The highest BCUT2D eigenvalue weighted by atomic mass is 16.5. The number of nitrogens with zero attached hydrogens (tertiary/aromatic N) is 4.